The molecule has 1 N–H and O–H groups in total. The van der Waals surface area contributed by atoms with Crippen LogP contribution in [0.2, 0.25) is 0 Å². The zero-order valence-electron chi connectivity index (χ0n) is 10.5. The first-order chi connectivity index (χ1) is 7.56. The van der Waals surface area contributed by atoms with Crippen LogP contribution < -0.4 is 15.0 Å². The van der Waals surface area contributed by atoms with Gasteiger partial charge in [0.1, 0.15) is 0 Å². The third-order valence-electron chi connectivity index (χ3n) is 2.11. The van der Waals surface area contributed by atoms with Crippen LogP contribution >= 0.6 is 0 Å². The zero-order valence-corrected chi connectivity index (χ0v) is 10.5. The van der Waals surface area contributed by atoms with Crippen LogP contribution in [-0.4, -0.2) is 42.2 Å². The number of hydrogen-bond donors (Lipinski definition) is 1. The fourth-order valence-electron chi connectivity index (χ4n) is 0.974. The van der Waals surface area contributed by atoms with Crippen molar-refractivity contribution in [2.75, 3.05) is 31.4 Å². The van der Waals surface area contributed by atoms with Gasteiger partial charge in [0.05, 0.1) is 6.10 Å². The normalized spacial score (nSPS) is 12.1. The van der Waals surface area contributed by atoms with Crippen molar-refractivity contribution in [1.29, 1.82) is 0 Å². The number of nitrogens with zero attached hydrogens (tertiary/aromatic N) is 4. The Morgan fingerprint density at radius 2 is 2.00 bits per heavy atom. The number of ether oxygens (including phenoxy) is 1. The van der Waals surface area contributed by atoms with Crippen LogP contribution in [0.25, 0.3) is 0 Å². The number of rotatable bonds is 5. The summed E-state index contributed by atoms with van der Waals surface area (Å²) in [6.07, 6.45) is 1.01. The first-order valence-electron chi connectivity index (χ1n) is 5.34. The molecule has 0 bridgehead atoms. The lowest BCUT2D eigenvalue weighted by Gasteiger charge is -2.15. The lowest BCUT2D eigenvalue weighted by Crippen LogP contribution is -2.18. The summed E-state index contributed by atoms with van der Waals surface area (Å²) in [6.45, 7) is 4.04. The summed E-state index contributed by atoms with van der Waals surface area (Å²) < 4.78 is 5.57. The first kappa shape index (κ1) is 12.5. The standard InChI is InChI=1S/C10H19N5O/c1-6-7(2)16-10-13-8(11-3)12-9(14-10)15(4)5/h7H,6H2,1-5H3,(H,11,12,13,14). The molecule has 1 unspecified atom stereocenters. The lowest BCUT2D eigenvalue weighted by atomic mass is 10.3. The molecule has 0 aliphatic rings. The Balaban J connectivity index is 2.95. The van der Waals surface area contributed by atoms with Crippen LogP contribution in [0.3, 0.4) is 0 Å². The molecule has 90 valence electrons. The molecule has 0 aliphatic carbocycles. The fraction of sp³-hybridized carbons (Fsp3) is 0.700. The van der Waals surface area contributed by atoms with Crippen molar-refractivity contribution in [3.8, 4) is 6.01 Å². The topological polar surface area (TPSA) is 63.2 Å². The summed E-state index contributed by atoms with van der Waals surface area (Å²) in [6, 6.07) is 0.359. The van der Waals surface area contributed by atoms with Gasteiger partial charge in [0, 0.05) is 21.1 Å². The first-order valence-corrected chi connectivity index (χ1v) is 5.34. The molecule has 1 aromatic heterocycles. The average molecular weight is 225 g/mol. The molecule has 0 radical (unpaired) electrons. The van der Waals surface area contributed by atoms with E-state index in [1.807, 2.05) is 25.9 Å². The quantitative estimate of drug-likeness (QED) is 0.811. The molecule has 0 amide bonds. The monoisotopic (exact) mass is 225 g/mol. The number of nitrogens with one attached hydrogen (secondary N) is 1. The van der Waals surface area contributed by atoms with E-state index in [0.29, 0.717) is 17.9 Å². The third-order valence-corrected chi connectivity index (χ3v) is 2.11. The van der Waals surface area contributed by atoms with Gasteiger partial charge in [0.25, 0.3) is 0 Å². The second-order valence-electron chi connectivity index (χ2n) is 3.72. The van der Waals surface area contributed by atoms with Gasteiger partial charge in [-0.3, -0.25) is 0 Å². The number of hydrogen-bond acceptors (Lipinski definition) is 6. The van der Waals surface area contributed by atoms with E-state index in [0.717, 1.165) is 6.42 Å². The van der Waals surface area contributed by atoms with E-state index in [1.165, 1.54) is 0 Å². The van der Waals surface area contributed by atoms with E-state index in [2.05, 4.69) is 27.2 Å². The van der Waals surface area contributed by atoms with Crippen molar-refractivity contribution in [2.45, 2.75) is 26.4 Å². The lowest BCUT2D eigenvalue weighted by molar-refractivity contribution is 0.199. The minimum absolute atomic E-state index is 0.0992. The highest BCUT2D eigenvalue weighted by Crippen LogP contribution is 2.14. The summed E-state index contributed by atoms with van der Waals surface area (Å²) in [5.41, 5.74) is 0. The van der Waals surface area contributed by atoms with E-state index < -0.39 is 0 Å². The van der Waals surface area contributed by atoms with Crippen molar-refractivity contribution in [3.05, 3.63) is 0 Å². The molecule has 0 aliphatic heterocycles. The van der Waals surface area contributed by atoms with Crippen LogP contribution in [0, 0.1) is 0 Å². The minimum atomic E-state index is 0.0992. The molecular weight excluding hydrogens is 206 g/mol. The van der Waals surface area contributed by atoms with Gasteiger partial charge < -0.3 is 15.0 Å². The summed E-state index contributed by atoms with van der Waals surface area (Å²) in [7, 11) is 5.52. The van der Waals surface area contributed by atoms with E-state index in [-0.39, 0.29) is 6.10 Å². The van der Waals surface area contributed by atoms with Crippen LogP contribution in [0.5, 0.6) is 6.01 Å². The van der Waals surface area contributed by atoms with Gasteiger partial charge in [0.2, 0.25) is 11.9 Å². The van der Waals surface area contributed by atoms with Gasteiger partial charge in [-0.25, -0.2) is 0 Å². The van der Waals surface area contributed by atoms with Crippen LogP contribution in [0.1, 0.15) is 20.3 Å². The highest BCUT2D eigenvalue weighted by molar-refractivity contribution is 5.36. The van der Waals surface area contributed by atoms with Crippen LogP contribution in [0.4, 0.5) is 11.9 Å². The third kappa shape index (κ3) is 3.22. The fourth-order valence-corrected chi connectivity index (χ4v) is 0.974. The van der Waals surface area contributed by atoms with Gasteiger partial charge in [0.15, 0.2) is 0 Å². The van der Waals surface area contributed by atoms with Gasteiger partial charge in [-0.2, -0.15) is 15.0 Å². The van der Waals surface area contributed by atoms with E-state index in [1.54, 1.807) is 7.05 Å². The molecule has 1 rings (SSSR count). The summed E-state index contributed by atoms with van der Waals surface area (Å²) in [5.74, 6) is 1.09. The maximum absolute atomic E-state index is 5.57. The maximum Gasteiger partial charge on any atom is 0.323 e. The zero-order chi connectivity index (χ0) is 12.1. The molecular formula is C10H19N5O. The molecule has 6 nitrogen and oxygen atoms in total. The molecule has 6 heteroatoms. The number of anilines is 2. The molecule has 1 atom stereocenters. The van der Waals surface area contributed by atoms with Gasteiger partial charge in [-0.05, 0) is 13.3 Å². The van der Waals surface area contributed by atoms with E-state index in [4.69, 9.17) is 4.74 Å². The van der Waals surface area contributed by atoms with Gasteiger partial charge in [-0.1, -0.05) is 6.92 Å². The van der Waals surface area contributed by atoms with Crippen molar-refractivity contribution in [3.63, 3.8) is 0 Å². The molecule has 0 spiro atoms. The predicted octanol–water partition coefficient (Wildman–Crippen LogP) is 1.16. The number of aromatic nitrogens is 3. The average Bonchev–Trinajstić information content (AvgIpc) is 2.28. The van der Waals surface area contributed by atoms with Crippen LogP contribution in [0.15, 0.2) is 0 Å². The highest BCUT2D eigenvalue weighted by atomic mass is 16.5. The van der Waals surface area contributed by atoms with Gasteiger partial charge >= 0.3 is 6.01 Å². The Morgan fingerprint density at radius 3 is 2.50 bits per heavy atom. The Kier molecular flexibility index (Phi) is 4.28. The molecule has 0 fully saturated rings. The highest BCUT2D eigenvalue weighted by Gasteiger charge is 2.10. The molecule has 16 heavy (non-hydrogen) atoms. The SMILES string of the molecule is CCC(C)Oc1nc(NC)nc(N(C)C)n1. The van der Waals surface area contributed by atoms with Gasteiger partial charge in [-0.15, -0.1) is 0 Å². The maximum atomic E-state index is 5.57. The molecule has 1 aromatic rings. The Hall–Kier alpha value is -1.59. The summed E-state index contributed by atoms with van der Waals surface area (Å²) in [5, 5.41) is 2.88. The van der Waals surface area contributed by atoms with E-state index in [9.17, 15) is 0 Å². The largest absolute Gasteiger partial charge is 0.460 e. The Bertz CT molecular complexity index is 342. The smallest absolute Gasteiger partial charge is 0.323 e. The van der Waals surface area contributed by atoms with Crippen LogP contribution in [-0.2, 0) is 0 Å². The van der Waals surface area contributed by atoms with Crippen molar-refractivity contribution < 1.29 is 4.74 Å². The summed E-state index contributed by atoms with van der Waals surface area (Å²) in [4.78, 5) is 14.4. The second kappa shape index (κ2) is 5.48. The van der Waals surface area contributed by atoms with E-state index >= 15 is 0 Å². The van der Waals surface area contributed by atoms with Crippen molar-refractivity contribution in [1.82, 2.24) is 15.0 Å². The predicted molar refractivity (Wildman–Crippen MR) is 64.1 cm³/mol. The van der Waals surface area contributed by atoms with Crippen molar-refractivity contribution >= 4 is 11.9 Å². The van der Waals surface area contributed by atoms with Crippen molar-refractivity contribution in [2.24, 2.45) is 0 Å². The molecule has 0 saturated carbocycles. The molecule has 0 aromatic carbocycles. The molecule has 1 heterocycles. The minimum Gasteiger partial charge on any atom is -0.460 e. The Morgan fingerprint density at radius 1 is 1.31 bits per heavy atom. The molecule has 0 saturated heterocycles. The Labute approximate surface area is 96.1 Å². The second-order valence-corrected chi connectivity index (χ2v) is 3.72. The summed E-state index contributed by atoms with van der Waals surface area (Å²) >= 11 is 0.